The van der Waals surface area contributed by atoms with E-state index in [9.17, 15) is 19.2 Å². The first-order valence-corrected chi connectivity index (χ1v) is 12.7. The van der Waals surface area contributed by atoms with E-state index in [2.05, 4.69) is 15.3 Å². The molecule has 0 saturated carbocycles. The molecule has 0 saturated heterocycles. The number of aromatic amines is 1. The Morgan fingerprint density at radius 2 is 1.73 bits per heavy atom. The smallest absolute Gasteiger partial charge is 0.346 e. The summed E-state index contributed by atoms with van der Waals surface area (Å²) in [5.41, 5.74) is 1.24. The van der Waals surface area contributed by atoms with E-state index in [0.717, 1.165) is 54.3 Å². The van der Waals surface area contributed by atoms with Crippen molar-refractivity contribution in [2.75, 3.05) is 24.3 Å². The predicted molar refractivity (Wildman–Crippen MR) is 126 cm³/mol. The van der Waals surface area contributed by atoms with Crippen molar-refractivity contribution in [3.63, 3.8) is 0 Å². The topological polar surface area (TPSA) is 127 Å². The Kier molecular flexibility index (Phi) is 8.67. The summed E-state index contributed by atoms with van der Waals surface area (Å²) in [7, 11) is 0. The monoisotopic (exact) mass is 493 g/mol. The van der Waals surface area contributed by atoms with Gasteiger partial charge in [0.25, 0.3) is 0 Å². The van der Waals surface area contributed by atoms with E-state index in [-0.39, 0.29) is 35.5 Å². The van der Waals surface area contributed by atoms with Gasteiger partial charge in [-0.25, -0.2) is 14.4 Å². The molecule has 0 radical (unpaired) electrons. The Hall–Kier alpha value is -2.66. The number of amides is 1. The lowest BCUT2D eigenvalue weighted by molar-refractivity contribution is -0.113. The van der Waals surface area contributed by atoms with E-state index < -0.39 is 17.6 Å². The van der Waals surface area contributed by atoms with Crippen LogP contribution >= 0.6 is 23.1 Å². The fraction of sp³-hybridized carbons (Fsp3) is 0.500. The largest absolute Gasteiger partial charge is 0.462 e. The zero-order valence-electron chi connectivity index (χ0n) is 18.9. The Labute approximate surface area is 199 Å². The number of thioether (sulfide) groups is 1. The number of anilines is 1. The number of hydrogen-bond acceptors (Lipinski definition) is 9. The van der Waals surface area contributed by atoms with E-state index >= 15 is 0 Å². The van der Waals surface area contributed by atoms with Crippen molar-refractivity contribution >= 4 is 45.9 Å². The maximum atomic E-state index is 12.8. The number of ether oxygens (including phenoxy) is 2. The molecule has 0 unspecified atom stereocenters. The van der Waals surface area contributed by atoms with E-state index in [1.807, 2.05) is 0 Å². The van der Waals surface area contributed by atoms with Crippen molar-refractivity contribution in [3.8, 4) is 0 Å². The van der Waals surface area contributed by atoms with E-state index in [0.29, 0.717) is 16.3 Å². The number of esters is 2. The molecule has 1 aliphatic carbocycles. The second-order valence-corrected chi connectivity index (χ2v) is 9.46. The molecule has 33 heavy (non-hydrogen) atoms. The SMILES string of the molecule is CCOC(=O)c1c(SCC(=O)Nc2sc3c(c2C(=O)OCC)CCCCC3)nc(=O)[nH]c1C. The average Bonchev–Trinajstić information content (AvgIpc) is 2.92. The highest BCUT2D eigenvalue weighted by Crippen LogP contribution is 2.38. The number of fused-ring (bicyclic) bond motifs is 1. The number of carbonyl (C=O) groups excluding carboxylic acids is 3. The molecular weight excluding hydrogens is 466 g/mol. The molecule has 2 N–H and O–H groups in total. The maximum Gasteiger partial charge on any atom is 0.346 e. The number of H-pyrrole nitrogens is 1. The van der Waals surface area contributed by atoms with Crippen LogP contribution < -0.4 is 11.0 Å². The van der Waals surface area contributed by atoms with Gasteiger partial charge in [0.2, 0.25) is 5.91 Å². The molecule has 0 atom stereocenters. The molecule has 2 aromatic heterocycles. The van der Waals surface area contributed by atoms with Crippen LogP contribution in [-0.4, -0.2) is 46.8 Å². The van der Waals surface area contributed by atoms with Gasteiger partial charge in [-0.15, -0.1) is 11.3 Å². The van der Waals surface area contributed by atoms with Gasteiger partial charge < -0.3 is 19.8 Å². The molecule has 3 rings (SSSR count). The zero-order chi connectivity index (χ0) is 24.0. The minimum absolute atomic E-state index is 0.104. The number of carbonyl (C=O) groups is 3. The number of nitrogens with one attached hydrogen (secondary N) is 2. The first-order valence-electron chi connectivity index (χ1n) is 10.9. The van der Waals surface area contributed by atoms with Gasteiger partial charge in [0.15, 0.2) is 0 Å². The maximum absolute atomic E-state index is 12.8. The third-order valence-electron chi connectivity index (χ3n) is 5.06. The van der Waals surface area contributed by atoms with Crippen LogP contribution in [0.3, 0.4) is 0 Å². The lowest BCUT2D eigenvalue weighted by Gasteiger charge is -2.10. The molecule has 0 fully saturated rings. The lowest BCUT2D eigenvalue weighted by Crippen LogP contribution is -2.21. The number of thiophene rings is 1. The Morgan fingerprint density at radius 1 is 1.06 bits per heavy atom. The molecule has 1 aliphatic rings. The summed E-state index contributed by atoms with van der Waals surface area (Å²) in [6.45, 7) is 5.41. The van der Waals surface area contributed by atoms with Crippen molar-refractivity contribution in [1.29, 1.82) is 0 Å². The number of rotatable bonds is 8. The number of nitrogens with zero attached hydrogens (tertiary/aromatic N) is 1. The molecule has 2 heterocycles. The third-order valence-corrected chi connectivity index (χ3v) is 7.24. The second-order valence-electron chi connectivity index (χ2n) is 7.39. The fourth-order valence-corrected chi connectivity index (χ4v) is 5.82. The summed E-state index contributed by atoms with van der Waals surface area (Å²) in [5.74, 6) is -1.53. The average molecular weight is 494 g/mol. The number of hydrogen-bond donors (Lipinski definition) is 2. The highest BCUT2D eigenvalue weighted by atomic mass is 32.2. The Morgan fingerprint density at radius 3 is 2.42 bits per heavy atom. The Bertz CT molecular complexity index is 1110. The third kappa shape index (κ3) is 6.02. The van der Waals surface area contributed by atoms with Crippen LogP contribution in [0, 0.1) is 6.92 Å². The molecule has 0 aliphatic heterocycles. The normalized spacial score (nSPS) is 13.1. The standard InChI is InChI=1S/C22H27N3O6S2/c1-4-30-20(27)16-12(3)23-22(29)25-18(16)32-11-15(26)24-19-17(21(28)31-5-2)13-9-7-6-8-10-14(13)33-19/h4-11H2,1-3H3,(H,24,26)(H,23,25,29). The van der Waals surface area contributed by atoms with Gasteiger partial charge in [-0.05, 0) is 52.0 Å². The highest BCUT2D eigenvalue weighted by Gasteiger charge is 2.27. The van der Waals surface area contributed by atoms with Gasteiger partial charge in [0.05, 0.1) is 24.5 Å². The van der Waals surface area contributed by atoms with E-state index in [1.54, 1.807) is 20.8 Å². The van der Waals surface area contributed by atoms with Gasteiger partial charge in [0, 0.05) is 10.6 Å². The summed E-state index contributed by atoms with van der Waals surface area (Å²) in [5, 5.41) is 3.43. The minimum Gasteiger partial charge on any atom is -0.462 e. The summed E-state index contributed by atoms with van der Waals surface area (Å²) in [6.07, 6.45) is 4.79. The van der Waals surface area contributed by atoms with Crippen molar-refractivity contribution in [1.82, 2.24) is 9.97 Å². The van der Waals surface area contributed by atoms with Crippen LogP contribution in [-0.2, 0) is 27.1 Å². The zero-order valence-corrected chi connectivity index (χ0v) is 20.5. The minimum atomic E-state index is -0.617. The Balaban J connectivity index is 1.80. The van der Waals surface area contributed by atoms with Crippen LogP contribution in [0.15, 0.2) is 9.82 Å². The summed E-state index contributed by atoms with van der Waals surface area (Å²) in [6, 6.07) is 0. The molecular formula is C22H27N3O6S2. The second kappa shape index (κ2) is 11.5. The van der Waals surface area contributed by atoms with E-state index in [1.165, 1.54) is 11.3 Å². The van der Waals surface area contributed by atoms with Crippen LogP contribution in [0.2, 0.25) is 0 Å². The molecule has 11 heteroatoms. The van der Waals surface area contributed by atoms with Gasteiger partial charge in [-0.2, -0.15) is 4.98 Å². The van der Waals surface area contributed by atoms with Gasteiger partial charge in [-0.3, -0.25) is 4.79 Å². The molecule has 178 valence electrons. The van der Waals surface area contributed by atoms with Crippen molar-refractivity contribution in [2.24, 2.45) is 0 Å². The van der Waals surface area contributed by atoms with E-state index in [4.69, 9.17) is 9.47 Å². The molecule has 9 nitrogen and oxygen atoms in total. The van der Waals surface area contributed by atoms with Gasteiger partial charge in [0.1, 0.15) is 15.6 Å². The first-order chi connectivity index (χ1) is 15.8. The van der Waals surface area contributed by atoms with Gasteiger partial charge >= 0.3 is 17.6 Å². The number of aromatic nitrogens is 2. The van der Waals surface area contributed by atoms with Crippen molar-refractivity contribution < 1.29 is 23.9 Å². The van der Waals surface area contributed by atoms with Crippen LogP contribution in [0.1, 0.15) is 70.0 Å². The molecule has 0 spiro atoms. The lowest BCUT2D eigenvalue weighted by atomic mass is 10.1. The van der Waals surface area contributed by atoms with Crippen LogP contribution in [0.5, 0.6) is 0 Å². The molecule has 1 amide bonds. The summed E-state index contributed by atoms with van der Waals surface area (Å²) < 4.78 is 10.3. The molecule has 0 bridgehead atoms. The first kappa shape index (κ1) is 25.0. The van der Waals surface area contributed by atoms with Crippen molar-refractivity contribution in [2.45, 2.75) is 57.9 Å². The molecule has 2 aromatic rings. The summed E-state index contributed by atoms with van der Waals surface area (Å²) in [4.78, 5) is 57.0. The van der Waals surface area contributed by atoms with Crippen molar-refractivity contribution in [3.05, 3.63) is 37.7 Å². The number of aryl methyl sites for hydroxylation is 2. The fourth-order valence-electron chi connectivity index (χ4n) is 3.65. The van der Waals surface area contributed by atoms with Crippen LogP contribution in [0.25, 0.3) is 0 Å². The quantitative estimate of drug-likeness (QED) is 0.248. The molecule has 0 aromatic carbocycles. The summed E-state index contributed by atoms with van der Waals surface area (Å²) >= 11 is 2.38. The predicted octanol–water partition coefficient (Wildman–Crippen LogP) is 3.49. The van der Waals surface area contributed by atoms with Gasteiger partial charge in [-0.1, -0.05) is 18.2 Å². The highest BCUT2D eigenvalue weighted by molar-refractivity contribution is 8.00. The van der Waals surface area contributed by atoms with Crippen LogP contribution in [0.4, 0.5) is 5.00 Å².